The molecule has 98 valence electrons. The van der Waals surface area contributed by atoms with E-state index in [-0.39, 0.29) is 18.6 Å². The molecule has 0 amide bonds. The van der Waals surface area contributed by atoms with Gasteiger partial charge in [0.25, 0.3) is 0 Å². The predicted octanol–water partition coefficient (Wildman–Crippen LogP) is 1.77. The molecule has 0 heterocycles. The Bertz CT molecular complexity index is 290. The van der Waals surface area contributed by atoms with E-state index in [0.29, 0.717) is 5.92 Å². The Kier molecular flexibility index (Phi) is 3.73. The monoisotopic (exact) mass is 241 g/mol. The Labute approximate surface area is 103 Å². The zero-order chi connectivity index (χ0) is 12.5. The highest BCUT2D eigenvalue weighted by Gasteiger charge is 2.49. The molecule has 0 aromatic rings. The Hall–Kier alpha value is -0.610. The molecule has 17 heavy (non-hydrogen) atoms. The summed E-state index contributed by atoms with van der Waals surface area (Å²) in [5.74, 6) is -0.114. The summed E-state index contributed by atoms with van der Waals surface area (Å²) in [6, 6.07) is 0. The van der Waals surface area contributed by atoms with Crippen LogP contribution in [-0.4, -0.2) is 29.3 Å². The predicted molar refractivity (Wildman–Crippen MR) is 64.7 cm³/mol. The topological polar surface area (TPSA) is 72.5 Å². The van der Waals surface area contributed by atoms with Crippen molar-refractivity contribution in [2.24, 2.45) is 17.6 Å². The van der Waals surface area contributed by atoms with Crippen LogP contribution in [0.1, 0.15) is 45.4 Å². The first-order valence-corrected chi connectivity index (χ1v) is 6.66. The van der Waals surface area contributed by atoms with Gasteiger partial charge in [0.15, 0.2) is 0 Å². The lowest BCUT2D eigenvalue weighted by Crippen LogP contribution is -2.54. The van der Waals surface area contributed by atoms with E-state index in [9.17, 15) is 9.90 Å². The molecule has 3 unspecified atom stereocenters. The van der Waals surface area contributed by atoms with Gasteiger partial charge in [-0.05, 0) is 37.5 Å². The zero-order valence-electron chi connectivity index (χ0n) is 10.5. The first-order valence-electron chi connectivity index (χ1n) is 6.66. The van der Waals surface area contributed by atoms with Crippen molar-refractivity contribution in [3.63, 3.8) is 0 Å². The lowest BCUT2D eigenvalue weighted by Gasteiger charge is -2.31. The molecule has 3 N–H and O–H groups in total. The van der Waals surface area contributed by atoms with Crippen molar-refractivity contribution in [2.45, 2.75) is 57.1 Å². The van der Waals surface area contributed by atoms with Crippen molar-refractivity contribution in [1.82, 2.24) is 0 Å². The molecule has 0 radical (unpaired) electrons. The summed E-state index contributed by atoms with van der Waals surface area (Å²) in [7, 11) is 0. The molecule has 0 aromatic heterocycles. The summed E-state index contributed by atoms with van der Waals surface area (Å²) >= 11 is 0. The standard InChI is InChI=1S/C13H23NO3/c1-9-3-2-4-11(7-9)17-8-13(14,12(15)16)10-5-6-10/h9-11H,2-8,14H2,1H3,(H,15,16). The smallest absolute Gasteiger partial charge is 0.326 e. The van der Waals surface area contributed by atoms with Crippen LogP contribution < -0.4 is 5.73 Å². The van der Waals surface area contributed by atoms with E-state index in [1.165, 1.54) is 12.8 Å². The second-order valence-corrected chi connectivity index (χ2v) is 5.82. The molecular formula is C13H23NO3. The molecule has 0 saturated heterocycles. The molecule has 3 atom stereocenters. The fraction of sp³-hybridized carbons (Fsp3) is 0.923. The third-order valence-corrected chi connectivity index (χ3v) is 4.15. The maximum atomic E-state index is 11.2. The number of hydrogen-bond donors (Lipinski definition) is 2. The molecule has 2 fully saturated rings. The van der Waals surface area contributed by atoms with Gasteiger partial charge in [0, 0.05) is 0 Å². The second kappa shape index (κ2) is 4.94. The van der Waals surface area contributed by atoms with Crippen molar-refractivity contribution in [3.8, 4) is 0 Å². The minimum absolute atomic E-state index is 0.112. The number of carboxylic acid groups (broad SMARTS) is 1. The van der Waals surface area contributed by atoms with Crippen LogP contribution in [0.3, 0.4) is 0 Å². The van der Waals surface area contributed by atoms with Crippen LogP contribution in [-0.2, 0) is 9.53 Å². The fourth-order valence-electron chi connectivity index (χ4n) is 2.74. The summed E-state index contributed by atoms with van der Waals surface area (Å²) in [6.07, 6.45) is 6.58. The quantitative estimate of drug-likeness (QED) is 0.769. The summed E-state index contributed by atoms with van der Waals surface area (Å²) in [4.78, 5) is 11.2. The molecule has 0 aromatic carbocycles. The van der Waals surface area contributed by atoms with E-state index in [4.69, 9.17) is 10.5 Å². The Morgan fingerprint density at radius 3 is 2.65 bits per heavy atom. The van der Waals surface area contributed by atoms with Gasteiger partial charge in [-0.1, -0.05) is 19.8 Å². The highest BCUT2D eigenvalue weighted by atomic mass is 16.5. The van der Waals surface area contributed by atoms with E-state index < -0.39 is 11.5 Å². The van der Waals surface area contributed by atoms with Crippen LogP contribution in [0.2, 0.25) is 0 Å². The summed E-state index contributed by atoms with van der Waals surface area (Å²) in [5, 5.41) is 9.22. The van der Waals surface area contributed by atoms with Gasteiger partial charge in [0.2, 0.25) is 0 Å². The van der Waals surface area contributed by atoms with Crippen molar-refractivity contribution in [3.05, 3.63) is 0 Å². The average molecular weight is 241 g/mol. The van der Waals surface area contributed by atoms with Gasteiger partial charge in [-0.2, -0.15) is 0 Å². The number of aliphatic carboxylic acids is 1. The first kappa shape index (κ1) is 12.8. The van der Waals surface area contributed by atoms with E-state index in [2.05, 4.69) is 6.92 Å². The van der Waals surface area contributed by atoms with Crippen LogP contribution in [0.5, 0.6) is 0 Å². The van der Waals surface area contributed by atoms with Crippen LogP contribution in [0.4, 0.5) is 0 Å². The summed E-state index contributed by atoms with van der Waals surface area (Å²) < 4.78 is 5.78. The Morgan fingerprint density at radius 1 is 1.41 bits per heavy atom. The third-order valence-electron chi connectivity index (χ3n) is 4.15. The Morgan fingerprint density at radius 2 is 2.12 bits per heavy atom. The first-order chi connectivity index (χ1) is 8.02. The molecule has 0 bridgehead atoms. The maximum Gasteiger partial charge on any atom is 0.326 e. The van der Waals surface area contributed by atoms with Gasteiger partial charge in [-0.25, -0.2) is 0 Å². The highest BCUT2D eigenvalue weighted by molar-refractivity contribution is 5.79. The summed E-state index contributed by atoms with van der Waals surface area (Å²) in [5.41, 5.74) is 4.82. The van der Waals surface area contributed by atoms with Crippen LogP contribution in [0, 0.1) is 11.8 Å². The number of carboxylic acids is 1. The van der Waals surface area contributed by atoms with Crippen molar-refractivity contribution in [1.29, 1.82) is 0 Å². The second-order valence-electron chi connectivity index (χ2n) is 5.82. The van der Waals surface area contributed by atoms with Crippen LogP contribution >= 0.6 is 0 Å². The number of hydrogen-bond acceptors (Lipinski definition) is 3. The van der Waals surface area contributed by atoms with E-state index in [0.717, 1.165) is 25.7 Å². The van der Waals surface area contributed by atoms with E-state index in [1.807, 2.05) is 0 Å². The summed E-state index contributed by atoms with van der Waals surface area (Å²) in [6.45, 7) is 2.40. The molecule has 4 nitrogen and oxygen atoms in total. The highest BCUT2D eigenvalue weighted by Crippen LogP contribution is 2.39. The zero-order valence-corrected chi connectivity index (χ0v) is 10.5. The lowest BCUT2D eigenvalue weighted by atomic mass is 9.88. The van der Waals surface area contributed by atoms with Gasteiger partial charge in [0.05, 0.1) is 12.7 Å². The molecule has 4 heteroatoms. The SMILES string of the molecule is CC1CCCC(OCC(N)(C(=O)O)C2CC2)C1. The largest absolute Gasteiger partial charge is 0.480 e. The van der Waals surface area contributed by atoms with Gasteiger partial charge in [-0.15, -0.1) is 0 Å². The molecule has 2 rings (SSSR count). The molecule has 0 spiro atoms. The van der Waals surface area contributed by atoms with Gasteiger partial charge in [-0.3, -0.25) is 4.79 Å². The molecule has 2 saturated carbocycles. The van der Waals surface area contributed by atoms with Crippen molar-refractivity contribution < 1.29 is 14.6 Å². The number of rotatable bonds is 5. The lowest BCUT2D eigenvalue weighted by molar-refractivity contribution is -0.148. The third kappa shape index (κ3) is 2.99. The van der Waals surface area contributed by atoms with Crippen LogP contribution in [0.15, 0.2) is 0 Å². The van der Waals surface area contributed by atoms with Gasteiger partial charge < -0.3 is 15.6 Å². The Balaban J connectivity index is 1.85. The van der Waals surface area contributed by atoms with Crippen molar-refractivity contribution in [2.75, 3.05) is 6.61 Å². The number of nitrogens with two attached hydrogens (primary N) is 1. The number of carbonyl (C=O) groups is 1. The van der Waals surface area contributed by atoms with Crippen LogP contribution in [0.25, 0.3) is 0 Å². The maximum absolute atomic E-state index is 11.2. The van der Waals surface area contributed by atoms with E-state index >= 15 is 0 Å². The minimum Gasteiger partial charge on any atom is -0.480 e. The minimum atomic E-state index is -1.15. The van der Waals surface area contributed by atoms with Gasteiger partial charge >= 0.3 is 5.97 Å². The van der Waals surface area contributed by atoms with E-state index in [1.54, 1.807) is 0 Å². The molecule has 2 aliphatic carbocycles. The number of ether oxygens (including phenoxy) is 1. The normalized spacial score (nSPS) is 33.1. The average Bonchev–Trinajstić information content (AvgIpc) is 3.09. The molecule has 0 aliphatic heterocycles. The van der Waals surface area contributed by atoms with Gasteiger partial charge in [0.1, 0.15) is 5.54 Å². The fourth-order valence-corrected chi connectivity index (χ4v) is 2.74. The molecule has 2 aliphatic rings. The molecular weight excluding hydrogens is 218 g/mol. The van der Waals surface area contributed by atoms with Crippen molar-refractivity contribution >= 4 is 5.97 Å².